The van der Waals surface area contributed by atoms with Crippen LogP contribution in [0.1, 0.15) is 38.8 Å². The number of para-hydroxylation sites is 3. The molecule has 4 nitrogen and oxygen atoms in total. The van der Waals surface area contributed by atoms with Crippen molar-refractivity contribution in [1.29, 1.82) is 0 Å². The molecule has 4 aromatic carbocycles. The van der Waals surface area contributed by atoms with E-state index in [-0.39, 0.29) is 12.2 Å². The standard InChI is InChI=1S/C35H32N4/c1-24-18-19-36-34(20-24)39-30-13-6-5-12-28(30)29-17-16-26(22-33(29)39)35(2,3)25-10-9-11-27(21-25)38-23-37(4)31-14-7-8-15-32(31)38/h5-22H,23H2,1-4H3/i1D3,4D3. The van der Waals surface area contributed by atoms with Crippen molar-refractivity contribution in [1.82, 2.24) is 9.55 Å². The Morgan fingerprint density at radius 3 is 2.41 bits per heavy atom. The molecule has 1 aliphatic heterocycles. The summed E-state index contributed by atoms with van der Waals surface area (Å²) in [6, 6.07) is 33.6. The highest BCUT2D eigenvalue weighted by molar-refractivity contribution is 6.09. The van der Waals surface area contributed by atoms with E-state index in [2.05, 4.69) is 55.2 Å². The zero-order chi connectivity index (χ0) is 31.7. The van der Waals surface area contributed by atoms with Crippen LogP contribution in [0.4, 0.5) is 17.1 Å². The lowest BCUT2D eigenvalue weighted by Crippen LogP contribution is -2.25. The summed E-state index contributed by atoms with van der Waals surface area (Å²) in [6.07, 6.45) is 1.56. The second kappa shape index (κ2) is 8.74. The first-order valence-corrected chi connectivity index (χ1v) is 13.1. The van der Waals surface area contributed by atoms with Gasteiger partial charge in [0.25, 0.3) is 0 Å². The van der Waals surface area contributed by atoms with Crippen LogP contribution >= 0.6 is 0 Å². The SMILES string of the molecule is [2H]C([2H])([2H])c1ccnc(-n2c3ccccc3c3ccc(C(C)(C)c4cccc(N5CN(C([2H])([2H])[2H])c6ccccc65)c4)cc32)c1. The molecule has 7 rings (SSSR count). The van der Waals surface area contributed by atoms with Crippen molar-refractivity contribution in [2.24, 2.45) is 0 Å². The predicted molar refractivity (Wildman–Crippen MR) is 164 cm³/mol. The Kier molecular flexibility index (Phi) is 4.00. The molecule has 0 radical (unpaired) electrons. The van der Waals surface area contributed by atoms with Gasteiger partial charge in [-0.2, -0.15) is 0 Å². The first-order valence-electron chi connectivity index (χ1n) is 16.1. The molecule has 39 heavy (non-hydrogen) atoms. The predicted octanol–water partition coefficient (Wildman–Crippen LogP) is 8.36. The molecule has 192 valence electrons. The Balaban J connectivity index is 1.34. The van der Waals surface area contributed by atoms with Crippen molar-refractivity contribution in [3.63, 3.8) is 0 Å². The molecule has 3 heterocycles. The Bertz CT molecular complexity index is 2080. The third kappa shape index (κ3) is 3.70. The summed E-state index contributed by atoms with van der Waals surface area (Å²) in [5.41, 5.74) is 6.33. The minimum absolute atomic E-state index is 0.230. The monoisotopic (exact) mass is 514 g/mol. The fraction of sp³-hybridized carbons (Fsp3) is 0.171. The Morgan fingerprint density at radius 2 is 1.54 bits per heavy atom. The molecular weight excluding hydrogens is 476 g/mol. The van der Waals surface area contributed by atoms with E-state index in [0.29, 0.717) is 11.5 Å². The first kappa shape index (κ1) is 17.8. The van der Waals surface area contributed by atoms with Crippen LogP contribution in [0.5, 0.6) is 0 Å². The second-order valence-corrected chi connectivity index (χ2v) is 10.6. The quantitative estimate of drug-likeness (QED) is 0.236. The van der Waals surface area contributed by atoms with Crippen molar-refractivity contribution in [3.8, 4) is 5.82 Å². The molecule has 6 aromatic rings. The molecule has 0 unspecified atom stereocenters. The number of hydrogen-bond donors (Lipinski definition) is 0. The van der Waals surface area contributed by atoms with Gasteiger partial charge in [-0.1, -0.05) is 68.4 Å². The molecule has 0 spiro atoms. The highest BCUT2D eigenvalue weighted by Crippen LogP contribution is 2.42. The van der Waals surface area contributed by atoms with Crippen molar-refractivity contribution in [3.05, 3.63) is 126 Å². The van der Waals surface area contributed by atoms with E-state index < -0.39 is 19.2 Å². The van der Waals surface area contributed by atoms with Crippen LogP contribution in [0.3, 0.4) is 0 Å². The van der Waals surface area contributed by atoms with Gasteiger partial charge in [-0.05, 0) is 72.1 Å². The number of aromatic nitrogens is 2. The molecular formula is C35H32N4. The highest BCUT2D eigenvalue weighted by atomic mass is 15.4. The number of fused-ring (bicyclic) bond motifs is 4. The molecule has 0 bridgehead atoms. The van der Waals surface area contributed by atoms with E-state index in [9.17, 15) is 0 Å². The Labute approximate surface area is 238 Å². The number of rotatable bonds is 4. The molecule has 2 aromatic heterocycles. The van der Waals surface area contributed by atoms with Gasteiger partial charge >= 0.3 is 0 Å². The minimum Gasteiger partial charge on any atom is -0.355 e. The van der Waals surface area contributed by atoms with Gasteiger partial charge in [0, 0.05) is 43.3 Å². The molecule has 0 aliphatic carbocycles. The van der Waals surface area contributed by atoms with Crippen molar-refractivity contribution >= 4 is 38.9 Å². The van der Waals surface area contributed by atoms with Gasteiger partial charge in [-0.3, -0.25) is 4.57 Å². The van der Waals surface area contributed by atoms with Gasteiger partial charge in [-0.25, -0.2) is 4.98 Å². The lowest BCUT2D eigenvalue weighted by molar-refractivity contribution is 0.641. The summed E-state index contributed by atoms with van der Waals surface area (Å²) in [5.74, 6) is 0.554. The zero-order valence-corrected chi connectivity index (χ0v) is 21.9. The van der Waals surface area contributed by atoms with Gasteiger partial charge in [0.15, 0.2) is 0 Å². The van der Waals surface area contributed by atoms with E-state index in [1.54, 1.807) is 18.3 Å². The molecule has 1 aliphatic rings. The highest BCUT2D eigenvalue weighted by Gasteiger charge is 2.28. The summed E-state index contributed by atoms with van der Waals surface area (Å²) >= 11 is 0. The lowest BCUT2D eigenvalue weighted by Gasteiger charge is -2.28. The van der Waals surface area contributed by atoms with Crippen LogP contribution in [0.2, 0.25) is 0 Å². The molecule has 0 fully saturated rings. The van der Waals surface area contributed by atoms with Crippen LogP contribution in [0, 0.1) is 6.85 Å². The first-order chi connectivity index (χ1) is 21.3. The van der Waals surface area contributed by atoms with Gasteiger partial charge in [-0.15, -0.1) is 0 Å². The third-order valence-corrected chi connectivity index (χ3v) is 8.00. The third-order valence-electron chi connectivity index (χ3n) is 8.00. The molecule has 0 N–H and O–H groups in total. The summed E-state index contributed by atoms with van der Waals surface area (Å²) < 4.78 is 50.2. The number of nitrogens with zero attached hydrogens (tertiary/aromatic N) is 4. The van der Waals surface area contributed by atoms with E-state index in [0.717, 1.165) is 44.3 Å². The minimum atomic E-state index is -2.26. The fourth-order valence-electron chi connectivity index (χ4n) is 5.81. The summed E-state index contributed by atoms with van der Waals surface area (Å²) in [4.78, 5) is 8.11. The molecule has 0 atom stereocenters. The van der Waals surface area contributed by atoms with Gasteiger partial charge in [0.05, 0.1) is 29.1 Å². The average molecular weight is 515 g/mol. The van der Waals surface area contributed by atoms with Crippen LogP contribution in [-0.2, 0) is 5.41 Å². The molecule has 0 amide bonds. The van der Waals surface area contributed by atoms with E-state index in [4.69, 9.17) is 8.22 Å². The Hall–Kier alpha value is -4.57. The van der Waals surface area contributed by atoms with Gasteiger partial charge in [0.1, 0.15) is 5.82 Å². The molecule has 0 saturated heterocycles. The second-order valence-electron chi connectivity index (χ2n) is 10.6. The lowest BCUT2D eigenvalue weighted by atomic mass is 9.77. The summed E-state index contributed by atoms with van der Waals surface area (Å²) in [6.45, 7) is 0.0907. The molecule has 4 heteroatoms. The van der Waals surface area contributed by atoms with Crippen molar-refractivity contribution < 1.29 is 8.22 Å². The number of aryl methyl sites for hydroxylation is 1. The largest absolute Gasteiger partial charge is 0.355 e. The van der Waals surface area contributed by atoms with Crippen molar-refractivity contribution in [2.45, 2.75) is 26.1 Å². The zero-order valence-electron chi connectivity index (χ0n) is 27.9. The maximum Gasteiger partial charge on any atom is 0.137 e. The number of pyridine rings is 1. The van der Waals surface area contributed by atoms with E-state index in [1.165, 1.54) is 4.90 Å². The maximum absolute atomic E-state index is 8.09. The topological polar surface area (TPSA) is 24.3 Å². The van der Waals surface area contributed by atoms with Crippen molar-refractivity contribution in [2.75, 3.05) is 23.4 Å². The van der Waals surface area contributed by atoms with E-state index in [1.807, 2.05) is 64.1 Å². The van der Waals surface area contributed by atoms with Gasteiger partial charge < -0.3 is 9.80 Å². The van der Waals surface area contributed by atoms with Crippen LogP contribution in [0.25, 0.3) is 27.6 Å². The Morgan fingerprint density at radius 1 is 0.744 bits per heavy atom. The number of hydrogen-bond acceptors (Lipinski definition) is 3. The fourth-order valence-corrected chi connectivity index (χ4v) is 5.81. The average Bonchev–Trinajstić information content (AvgIpc) is 3.57. The van der Waals surface area contributed by atoms with Crippen LogP contribution < -0.4 is 9.80 Å². The van der Waals surface area contributed by atoms with Crippen LogP contribution in [0.15, 0.2) is 109 Å². The summed E-state index contributed by atoms with van der Waals surface area (Å²) in [7, 11) is 0. The smallest absolute Gasteiger partial charge is 0.137 e. The normalized spacial score (nSPS) is 16.4. The molecule has 0 saturated carbocycles. The summed E-state index contributed by atoms with van der Waals surface area (Å²) in [5, 5.41) is 2.12. The number of anilines is 3. The van der Waals surface area contributed by atoms with Gasteiger partial charge in [0.2, 0.25) is 0 Å². The van der Waals surface area contributed by atoms with Crippen LogP contribution in [-0.4, -0.2) is 23.2 Å². The maximum atomic E-state index is 8.09. The number of benzene rings is 4. The van der Waals surface area contributed by atoms with E-state index >= 15 is 0 Å².